The minimum Gasteiger partial charge on any atom is -0.481 e. The Balaban J connectivity index is 2.97. The van der Waals surface area contributed by atoms with Crippen LogP contribution in [0.1, 0.15) is 19.3 Å². The third-order valence-corrected chi connectivity index (χ3v) is 2.67. The summed E-state index contributed by atoms with van der Waals surface area (Å²) in [6.45, 7) is 0. The Hall–Kier alpha value is -2.45. The summed E-state index contributed by atoms with van der Waals surface area (Å²) in [7, 11) is 1.13. The van der Waals surface area contributed by atoms with Crippen molar-refractivity contribution in [2.45, 2.75) is 25.3 Å². The van der Waals surface area contributed by atoms with Gasteiger partial charge < -0.3 is 10.2 Å². The predicted octanol–water partition coefficient (Wildman–Crippen LogP) is -0.885. The minimum atomic E-state index is -1.59. The molecule has 1 aliphatic rings. The first-order valence-electron chi connectivity index (χ1n) is 5.33. The summed E-state index contributed by atoms with van der Waals surface area (Å²) in [5.74, 6) is -4.40. The van der Waals surface area contributed by atoms with Crippen LogP contribution in [0, 0.1) is 0 Å². The largest absolute Gasteiger partial charge is 0.481 e. The van der Waals surface area contributed by atoms with Gasteiger partial charge in [0.15, 0.2) is 0 Å². The zero-order valence-electron chi connectivity index (χ0n) is 10.0. The maximum Gasteiger partial charge on any atom is 0.333 e. The van der Waals surface area contributed by atoms with Crippen LogP contribution in [0.5, 0.6) is 0 Å². The highest BCUT2D eigenvalue weighted by molar-refractivity contribution is 6.15. The van der Waals surface area contributed by atoms with Crippen LogP contribution in [0.2, 0.25) is 0 Å². The summed E-state index contributed by atoms with van der Waals surface area (Å²) in [5, 5.41) is 17.5. The molecule has 0 aromatic heterocycles. The van der Waals surface area contributed by atoms with E-state index in [9.17, 15) is 24.0 Å². The van der Waals surface area contributed by atoms with Gasteiger partial charge in [0.25, 0.3) is 0 Å². The molecule has 104 valence electrons. The highest BCUT2D eigenvalue weighted by atomic mass is 16.4. The molecule has 1 heterocycles. The average Bonchev–Trinajstić information content (AvgIpc) is 2.29. The number of imide groups is 2. The number of carbonyl (C=O) groups is 5. The maximum atomic E-state index is 11.7. The lowest BCUT2D eigenvalue weighted by Crippen LogP contribution is -2.58. The van der Waals surface area contributed by atoms with Crippen LogP contribution in [-0.4, -0.2) is 62.9 Å². The molecule has 1 aliphatic heterocycles. The minimum absolute atomic E-state index is 0.413. The quantitative estimate of drug-likeness (QED) is 0.620. The van der Waals surface area contributed by atoms with E-state index in [2.05, 4.69) is 0 Å². The van der Waals surface area contributed by atoms with Crippen molar-refractivity contribution in [3.8, 4) is 0 Å². The molecule has 0 aromatic carbocycles. The molecule has 19 heavy (non-hydrogen) atoms. The highest BCUT2D eigenvalue weighted by Gasteiger charge is 2.42. The van der Waals surface area contributed by atoms with Gasteiger partial charge in [-0.2, -0.15) is 0 Å². The standard InChI is InChI=1S/C10H12N2O7/c1-11-6(13)4-7(14)12(10(11)19)5(9(17)18)2-3-8(15)16/h5H,2-4H2,1H3,(H,15,16)(H,17,18)/t5-/m0/s1. The number of aliphatic carboxylic acids is 2. The van der Waals surface area contributed by atoms with Gasteiger partial charge in [-0.1, -0.05) is 0 Å². The van der Waals surface area contributed by atoms with Gasteiger partial charge in [-0.3, -0.25) is 19.3 Å². The van der Waals surface area contributed by atoms with Gasteiger partial charge in [-0.15, -0.1) is 0 Å². The second-order valence-corrected chi connectivity index (χ2v) is 3.96. The normalized spacial score (nSPS) is 17.6. The number of barbiturate groups is 1. The van der Waals surface area contributed by atoms with Crippen LogP contribution in [0.15, 0.2) is 0 Å². The molecule has 1 fully saturated rings. The molecule has 0 radical (unpaired) electrons. The molecule has 1 saturated heterocycles. The Kier molecular flexibility index (Phi) is 4.20. The lowest BCUT2D eigenvalue weighted by Gasteiger charge is -2.33. The molecule has 0 saturated carbocycles. The molecule has 9 heteroatoms. The summed E-state index contributed by atoms with van der Waals surface area (Å²) in [6.07, 6.45) is -1.53. The number of rotatable bonds is 5. The molecular weight excluding hydrogens is 260 g/mol. The molecular formula is C10H12N2O7. The molecule has 9 nitrogen and oxygen atoms in total. The third-order valence-electron chi connectivity index (χ3n) is 2.67. The number of carboxylic acids is 2. The van der Waals surface area contributed by atoms with Crippen molar-refractivity contribution in [3.05, 3.63) is 0 Å². The molecule has 0 aromatic rings. The summed E-state index contributed by atoms with van der Waals surface area (Å²) < 4.78 is 0. The van der Waals surface area contributed by atoms with Crippen molar-refractivity contribution in [2.24, 2.45) is 0 Å². The molecule has 1 rings (SSSR count). The molecule has 0 aliphatic carbocycles. The monoisotopic (exact) mass is 272 g/mol. The first-order chi connectivity index (χ1) is 8.75. The highest BCUT2D eigenvalue weighted by Crippen LogP contribution is 2.17. The predicted molar refractivity (Wildman–Crippen MR) is 57.9 cm³/mol. The second kappa shape index (κ2) is 5.46. The molecule has 4 amide bonds. The van der Waals surface area contributed by atoms with E-state index in [0.29, 0.717) is 9.80 Å². The van der Waals surface area contributed by atoms with Crippen molar-refractivity contribution in [2.75, 3.05) is 7.05 Å². The number of hydrogen-bond donors (Lipinski definition) is 2. The topological polar surface area (TPSA) is 132 Å². The van der Waals surface area contributed by atoms with Crippen LogP contribution < -0.4 is 0 Å². The van der Waals surface area contributed by atoms with Crippen LogP contribution in [0.4, 0.5) is 4.79 Å². The number of urea groups is 1. The van der Waals surface area contributed by atoms with Gasteiger partial charge in [0, 0.05) is 13.5 Å². The van der Waals surface area contributed by atoms with E-state index in [0.717, 1.165) is 7.05 Å². The summed E-state index contributed by atoms with van der Waals surface area (Å²) in [6, 6.07) is -2.65. The Morgan fingerprint density at radius 3 is 2.26 bits per heavy atom. The molecule has 0 bridgehead atoms. The number of carboxylic acid groups (broad SMARTS) is 2. The van der Waals surface area contributed by atoms with Gasteiger partial charge in [0.2, 0.25) is 11.8 Å². The molecule has 0 spiro atoms. The van der Waals surface area contributed by atoms with Gasteiger partial charge in [-0.05, 0) is 6.42 Å². The van der Waals surface area contributed by atoms with E-state index in [4.69, 9.17) is 10.2 Å². The zero-order valence-corrected chi connectivity index (χ0v) is 10.0. The smallest absolute Gasteiger partial charge is 0.333 e. The summed E-state index contributed by atoms with van der Waals surface area (Å²) in [4.78, 5) is 57.1. The van der Waals surface area contributed by atoms with E-state index < -0.39 is 55.1 Å². The summed E-state index contributed by atoms with van der Waals surface area (Å²) in [5.41, 5.74) is 0. The zero-order chi connectivity index (χ0) is 14.7. The van der Waals surface area contributed by atoms with E-state index in [1.807, 2.05) is 0 Å². The number of nitrogens with zero attached hydrogens (tertiary/aromatic N) is 2. The van der Waals surface area contributed by atoms with E-state index in [1.54, 1.807) is 0 Å². The Labute approximate surface area is 107 Å². The van der Waals surface area contributed by atoms with Gasteiger partial charge in [0.05, 0.1) is 0 Å². The lowest BCUT2D eigenvalue weighted by molar-refractivity contribution is -0.153. The molecule has 1 atom stereocenters. The van der Waals surface area contributed by atoms with Crippen LogP contribution in [0.25, 0.3) is 0 Å². The number of amides is 4. The Morgan fingerprint density at radius 2 is 1.79 bits per heavy atom. The fourth-order valence-electron chi connectivity index (χ4n) is 1.64. The number of hydrogen-bond acceptors (Lipinski definition) is 5. The Morgan fingerprint density at radius 1 is 1.21 bits per heavy atom. The van der Waals surface area contributed by atoms with Crippen LogP contribution >= 0.6 is 0 Å². The first-order valence-corrected chi connectivity index (χ1v) is 5.33. The SMILES string of the molecule is CN1C(=O)CC(=O)N([C@@H](CCC(=O)O)C(=O)O)C1=O. The van der Waals surface area contributed by atoms with Crippen molar-refractivity contribution in [3.63, 3.8) is 0 Å². The van der Waals surface area contributed by atoms with Crippen molar-refractivity contribution >= 4 is 29.8 Å². The lowest BCUT2D eigenvalue weighted by atomic mass is 10.1. The second-order valence-electron chi connectivity index (χ2n) is 3.96. The van der Waals surface area contributed by atoms with E-state index in [1.165, 1.54) is 0 Å². The Bertz CT molecular complexity index is 459. The van der Waals surface area contributed by atoms with Gasteiger partial charge in [-0.25, -0.2) is 14.5 Å². The summed E-state index contributed by atoms with van der Waals surface area (Å²) >= 11 is 0. The van der Waals surface area contributed by atoms with Crippen molar-refractivity contribution in [1.82, 2.24) is 9.80 Å². The van der Waals surface area contributed by atoms with Gasteiger partial charge >= 0.3 is 18.0 Å². The maximum absolute atomic E-state index is 11.7. The van der Waals surface area contributed by atoms with Crippen molar-refractivity contribution < 1.29 is 34.2 Å². The van der Waals surface area contributed by atoms with E-state index >= 15 is 0 Å². The fraction of sp³-hybridized carbons (Fsp3) is 0.500. The fourth-order valence-corrected chi connectivity index (χ4v) is 1.64. The van der Waals surface area contributed by atoms with Gasteiger partial charge in [0.1, 0.15) is 12.5 Å². The van der Waals surface area contributed by atoms with E-state index in [-0.39, 0.29) is 0 Å². The molecule has 2 N–H and O–H groups in total. The van der Waals surface area contributed by atoms with Crippen molar-refractivity contribution in [1.29, 1.82) is 0 Å². The molecule has 0 unspecified atom stereocenters. The third kappa shape index (κ3) is 3.06. The first kappa shape index (κ1) is 14.6. The average molecular weight is 272 g/mol. The van der Waals surface area contributed by atoms with Crippen LogP contribution in [0.3, 0.4) is 0 Å². The van der Waals surface area contributed by atoms with Crippen LogP contribution in [-0.2, 0) is 19.2 Å². The number of carbonyl (C=O) groups excluding carboxylic acids is 3.